The van der Waals surface area contributed by atoms with Gasteiger partial charge in [-0.15, -0.1) is 0 Å². The van der Waals surface area contributed by atoms with Crippen LogP contribution < -0.4 is 20.7 Å². The number of aliphatic hydroxyl groups is 2. The van der Waals surface area contributed by atoms with Gasteiger partial charge in [-0.05, 0) is 136 Å². The Bertz CT molecular complexity index is 2110. The summed E-state index contributed by atoms with van der Waals surface area (Å²) in [5, 5.41) is 31.0. The molecular weight excluding hydrogens is 933 g/mol. The summed E-state index contributed by atoms with van der Waals surface area (Å²) in [6.07, 6.45) is 2.21. The number of rotatable bonds is 25. The molecule has 2 aliphatic heterocycles. The number of hydrogen-bond acceptors (Lipinski definition) is 14. The molecule has 4 atom stereocenters. The minimum atomic E-state index is -3.99. The van der Waals surface area contributed by atoms with Crippen LogP contribution in [-0.2, 0) is 51.3 Å². The van der Waals surface area contributed by atoms with Crippen molar-refractivity contribution >= 4 is 22.2 Å². The van der Waals surface area contributed by atoms with E-state index in [0.717, 1.165) is 36.9 Å². The molecule has 0 unspecified atom stereocenters. The van der Waals surface area contributed by atoms with Gasteiger partial charge in [-0.3, -0.25) is 0 Å². The van der Waals surface area contributed by atoms with Crippen molar-refractivity contribution in [3.63, 3.8) is 0 Å². The SMILES string of the molecule is CC(C)(C)OC(=O)N[C@@H](Cc1ccccc1)[C@H](O)CNCCCCC1(C)OCCO1.COc1ccc(S(=O)(=O)N(CCCCC2(C)OCCO2)C[C@@H](O)[C@H](Cc2ccccc2)NC(=O)OC(C)(C)C)cc1. The zero-order valence-electron chi connectivity index (χ0n) is 43.4. The molecule has 0 aromatic heterocycles. The van der Waals surface area contributed by atoms with Crippen LogP contribution in [0.2, 0.25) is 0 Å². The molecule has 2 amide bonds. The highest BCUT2D eigenvalue weighted by Gasteiger charge is 2.34. The number of alkyl carbamates (subject to hydrolysis) is 2. The van der Waals surface area contributed by atoms with E-state index in [1.807, 2.05) is 95.3 Å². The molecule has 18 heteroatoms. The molecule has 2 heterocycles. The minimum Gasteiger partial charge on any atom is -0.497 e. The zero-order chi connectivity index (χ0) is 52.1. The van der Waals surface area contributed by atoms with Crippen molar-refractivity contribution in [3.05, 3.63) is 96.1 Å². The van der Waals surface area contributed by atoms with Crippen LogP contribution in [0.5, 0.6) is 5.75 Å². The first kappa shape index (κ1) is 59.2. The van der Waals surface area contributed by atoms with Crippen LogP contribution in [0.15, 0.2) is 89.8 Å². The summed E-state index contributed by atoms with van der Waals surface area (Å²) in [7, 11) is -2.48. The predicted molar refractivity (Wildman–Crippen MR) is 272 cm³/mol. The van der Waals surface area contributed by atoms with Crippen molar-refractivity contribution in [1.29, 1.82) is 0 Å². The van der Waals surface area contributed by atoms with Gasteiger partial charge >= 0.3 is 12.2 Å². The van der Waals surface area contributed by atoms with Crippen LogP contribution in [0.25, 0.3) is 0 Å². The molecule has 0 radical (unpaired) electrons. The third-order valence-electron chi connectivity index (χ3n) is 11.7. The van der Waals surface area contributed by atoms with Crippen LogP contribution in [0, 0.1) is 0 Å². The molecule has 17 nitrogen and oxygen atoms in total. The maximum absolute atomic E-state index is 13.8. The first-order chi connectivity index (χ1) is 33.5. The van der Waals surface area contributed by atoms with E-state index in [9.17, 15) is 28.2 Å². The van der Waals surface area contributed by atoms with Gasteiger partial charge in [0.2, 0.25) is 10.0 Å². The molecular formula is C53H82N4O13S. The quantitative estimate of drug-likeness (QED) is 0.0535. The van der Waals surface area contributed by atoms with Gasteiger partial charge in [0, 0.05) is 32.5 Å². The number of sulfonamides is 1. The molecule has 5 rings (SSSR count). The lowest BCUT2D eigenvalue weighted by Gasteiger charge is -2.31. The number of nitrogens with one attached hydrogen (secondary N) is 3. The van der Waals surface area contributed by atoms with Crippen molar-refractivity contribution in [3.8, 4) is 5.75 Å². The van der Waals surface area contributed by atoms with Crippen molar-refractivity contribution in [1.82, 2.24) is 20.3 Å². The maximum atomic E-state index is 13.8. The number of ether oxygens (including phenoxy) is 7. The monoisotopic (exact) mass is 1010 g/mol. The fourth-order valence-electron chi connectivity index (χ4n) is 7.99. The lowest BCUT2D eigenvalue weighted by Crippen LogP contribution is -2.51. The second-order valence-electron chi connectivity index (χ2n) is 20.3. The number of aliphatic hydroxyl groups excluding tert-OH is 2. The summed E-state index contributed by atoms with van der Waals surface area (Å²) in [5.41, 5.74) is 0.595. The molecule has 0 spiro atoms. The molecule has 3 aromatic rings. The number of methoxy groups -OCH3 is 1. The topological polar surface area (TPSA) is 213 Å². The Morgan fingerprint density at radius 2 is 1.10 bits per heavy atom. The lowest BCUT2D eigenvalue weighted by molar-refractivity contribution is -0.147. The predicted octanol–water partition coefficient (Wildman–Crippen LogP) is 7.12. The van der Waals surface area contributed by atoms with E-state index in [4.69, 9.17) is 33.2 Å². The number of unbranched alkanes of at least 4 members (excludes halogenated alkanes) is 2. The first-order valence-electron chi connectivity index (χ1n) is 24.8. The Labute approximate surface area is 422 Å². The van der Waals surface area contributed by atoms with Gasteiger partial charge in [0.25, 0.3) is 0 Å². The van der Waals surface area contributed by atoms with Crippen LogP contribution in [0.3, 0.4) is 0 Å². The highest BCUT2D eigenvalue weighted by molar-refractivity contribution is 7.89. The summed E-state index contributed by atoms with van der Waals surface area (Å²) in [6, 6.07) is 24.1. The number of carbonyl (C=O) groups excluding carboxylic acids is 2. The Kier molecular flexibility index (Phi) is 23.5. The van der Waals surface area contributed by atoms with E-state index < -0.39 is 69.3 Å². The van der Waals surface area contributed by atoms with Gasteiger partial charge in [0.1, 0.15) is 17.0 Å². The van der Waals surface area contributed by atoms with Crippen molar-refractivity contribution < 1.29 is 61.4 Å². The smallest absolute Gasteiger partial charge is 0.407 e. The maximum Gasteiger partial charge on any atom is 0.407 e. The Hall–Kier alpha value is -4.37. The van der Waals surface area contributed by atoms with Crippen LogP contribution >= 0.6 is 0 Å². The van der Waals surface area contributed by atoms with E-state index in [2.05, 4.69) is 16.0 Å². The van der Waals surface area contributed by atoms with E-state index in [1.165, 1.54) is 23.5 Å². The molecule has 2 aliphatic rings. The van der Waals surface area contributed by atoms with E-state index in [-0.39, 0.29) is 24.4 Å². The normalized spacial score (nSPS) is 17.3. The third-order valence-corrected chi connectivity index (χ3v) is 13.6. The van der Waals surface area contributed by atoms with Gasteiger partial charge in [-0.2, -0.15) is 4.31 Å². The Morgan fingerprint density at radius 3 is 1.54 bits per heavy atom. The van der Waals surface area contributed by atoms with Gasteiger partial charge < -0.3 is 59.3 Å². The minimum absolute atomic E-state index is 0.0830. The van der Waals surface area contributed by atoms with E-state index >= 15 is 0 Å². The second kappa shape index (κ2) is 28.2. The highest BCUT2D eigenvalue weighted by atomic mass is 32.2. The fourth-order valence-corrected chi connectivity index (χ4v) is 9.48. The molecule has 5 N–H and O–H groups in total. The standard InChI is InChI=1S/C30H44N2O8S.C23H38N2O5/c1-29(2,3)40-28(34)31-26(21-23-11-7-6-8-12-23)27(33)22-32(18-10-9-17-30(4)38-19-20-39-30)41(35,36)25-15-13-24(37-5)14-16-25;1-22(2,3)30-21(27)25-19(16-18-10-6-5-7-11-18)20(26)17-24-13-9-8-12-23(4)28-14-15-29-23/h6-8,11-16,26-27,33H,9-10,17-22H2,1-5H3,(H,31,34);5-7,10-11,19-20,24,26H,8-9,12-17H2,1-4H3,(H,25,27)/t26-,27+;19-,20+/m00/s1. The van der Waals surface area contributed by atoms with Gasteiger partial charge in [0.05, 0.1) is 62.7 Å². The number of benzene rings is 3. The summed E-state index contributed by atoms with van der Waals surface area (Å²) >= 11 is 0. The third kappa shape index (κ3) is 22.1. The van der Waals surface area contributed by atoms with E-state index in [0.29, 0.717) is 64.4 Å². The first-order valence-corrected chi connectivity index (χ1v) is 26.3. The zero-order valence-corrected chi connectivity index (χ0v) is 44.3. The molecule has 0 saturated carbocycles. The fraction of sp³-hybridized carbons (Fsp3) is 0.623. The van der Waals surface area contributed by atoms with Crippen molar-refractivity contribution in [2.45, 2.75) is 159 Å². The molecule has 2 fully saturated rings. The molecule has 0 bridgehead atoms. The molecule has 398 valence electrons. The van der Waals surface area contributed by atoms with E-state index in [1.54, 1.807) is 32.9 Å². The number of nitrogens with zero attached hydrogens (tertiary/aromatic N) is 1. The molecule has 0 aliphatic carbocycles. The number of carbonyl (C=O) groups is 2. The van der Waals surface area contributed by atoms with Crippen molar-refractivity contribution in [2.24, 2.45) is 0 Å². The lowest BCUT2D eigenvalue weighted by atomic mass is 10.0. The van der Waals surface area contributed by atoms with Crippen LogP contribution in [0.1, 0.15) is 105 Å². The van der Waals surface area contributed by atoms with Gasteiger partial charge in [0.15, 0.2) is 11.6 Å². The molecule has 2 saturated heterocycles. The highest BCUT2D eigenvalue weighted by Crippen LogP contribution is 2.27. The average molecular weight is 1020 g/mol. The summed E-state index contributed by atoms with van der Waals surface area (Å²) in [4.78, 5) is 25.0. The van der Waals surface area contributed by atoms with Gasteiger partial charge in [-0.25, -0.2) is 18.0 Å². The number of amides is 2. The van der Waals surface area contributed by atoms with Crippen LogP contribution in [0.4, 0.5) is 9.59 Å². The summed E-state index contributed by atoms with van der Waals surface area (Å²) in [6.45, 7) is 18.1. The number of hydrogen-bond donors (Lipinski definition) is 5. The van der Waals surface area contributed by atoms with Crippen LogP contribution in [-0.4, -0.2) is 142 Å². The average Bonchev–Trinajstić information content (AvgIpc) is 3.95. The molecule has 3 aromatic carbocycles. The largest absolute Gasteiger partial charge is 0.497 e. The molecule has 71 heavy (non-hydrogen) atoms. The van der Waals surface area contributed by atoms with Crippen molar-refractivity contribution in [2.75, 3.05) is 59.7 Å². The summed E-state index contributed by atoms with van der Waals surface area (Å²) < 4.78 is 67.4. The van der Waals surface area contributed by atoms with Gasteiger partial charge in [-0.1, -0.05) is 60.7 Å². The summed E-state index contributed by atoms with van der Waals surface area (Å²) in [5.74, 6) is -0.584. The Morgan fingerprint density at radius 1 is 0.662 bits per heavy atom. The second-order valence-corrected chi connectivity index (χ2v) is 22.3. The Balaban J connectivity index is 0.000000324.